The van der Waals surface area contributed by atoms with Gasteiger partial charge in [-0.2, -0.15) is 8.42 Å². The molecule has 0 saturated carbocycles. The third-order valence-electron chi connectivity index (χ3n) is 5.77. The van der Waals surface area contributed by atoms with Crippen LogP contribution in [0.4, 0.5) is 10.5 Å². The number of benzene rings is 2. The van der Waals surface area contributed by atoms with Gasteiger partial charge in [-0.3, -0.25) is 9.87 Å². The summed E-state index contributed by atoms with van der Waals surface area (Å²) in [6.45, 7) is 4.20. The van der Waals surface area contributed by atoms with Crippen molar-refractivity contribution < 1.29 is 27.2 Å². The highest BCUT2D eigenvalue weighted by atomic mass is 79.9. The second-order valence-corrected chi connectivity index (χ2v) is 10.8. The molecule has 1 fully saturated rings. The molecule has 9 heteroatoms. The Balaban J connectivity index is 1.74. The summed E-state index contributed by atoms with van der Waals surface area (Å²) in [5.41, 5.74) is 1.45. The fraction of sp³-hybridized carbons (Fsp3) is 0.458. The van der Waals surface area contributed by atoms with E-state index in [1.807, 2.05) is 30.3 Å². The average Bonchev–Trinajstić information content (AvgIpc) is 2.73. The molecule has 2 aromatic rings. The van der Waals surface area contributed by atoms with Gasteiger partial charge < -0.3 is 9.47 Å². The summed E-state index contributed by atoms with van der Waals surface area (Å²) in [6.07, 6.45) is 3.92. The number of nitrogens with one attached hydrogen (secondary N) is 1. The Morgan fingerprint density at radius 3 is 2.45 bits per heavy atom. The van der Waals surface area contributed by atoms with Crippen molar-refractivity contribution in [1.82, 2.24) is 0 Å². The SMILES string of the molecule is C[C@@H]1CC(CCCc2c(Br)ccc(S(=O)(=O)O)c2NC(=O)OCc2ccccc2)C[C@H](C)O1. The molecule has 1 aliphatic rings. The molecule has 1 aliphatic heterocycles. The van der Waals surface area contributed by atoms with E-state index >= 15 is 0 Å². The number of hydrogen-bond acceptors (Lipinski definition) is 5. The van der Waals surface area contributed by atoms with Crippen molar-refractivity contribution in [3.63, 3.8) is 0 Å². The molecule has 0 aromatic heterocycles. The van der Waals surface area contributed by atoms with Gasteiger partial charge in [-0.05, 0) is 75.1 Å². The first-order valence-electron chi connectivity index (χ1n) is 11.1. The largest absolute Gasteiger partial charge is 0.444 e. The molecule has 3 atom stereocenters. The van der Waals surface area contributed by atoms with Crippen molar-refractivity contribution in [2.75, 3.05) is 5.32 Å². The molecule has 1 amide bonds. The Morgan fingerprint density at radius 1 is 1.15 bits per heavy atom. The number of hydrogen-bond donors (Lipinski definition) is 2. The fourth-order valence-corrected chi connectivity index (χ4v) is 5.61. The number of amides is 1. The fourth-order valence-electron chi connectivity index (χ4n) is 4.40. The van der Waals surface area contributed by atoms with Crippen molar-refractivity contribution in [2.24, 2.45) is 5.92 Å². The van der Waals surface area contributed by atoms with Crippen LogP contribution in [0.3, 0.4) is 0 Å². The van der Waals surface area contributed by atoms with Crippen molar-refractivity contribution in [1.29, 1.82) is 0 Å². The number of rotatable bonds is 8. The molecule has 0 bridgehead atoms. The Bertz CT molecular complexity index is 1050. The highest BCUT2D eigenvalue weighted by Gasteiger charge is 2.26. The van der Waals surface area contributed by atoms with E-state index in [0.29, 0.717) is 22.4 Å². The molecule has 7 nitrogen and oxygen atoms in total. The van der Waals surface area contributed by atoms with E-state index in [1.54, 1.807) is 6.07 Å². The molecule has 0 spiro atoms. The Labute approximate surface area is 203 Å². The van der Waals surface area contributed by atoms with E-state index in [2.05, 4.69) is 35.1 Å². The maximum atomic E-state index is 12.5. The lowest BCUT2D eigenvalue weighted by atomic mass is 9.87. The molecule has 33 heavy (non-hydrogen) atoms. The van der Waals surface area contributed by atoms with Gasteiger partial charge in [0, 0.05) is 4.47 Å². The predicted octanol–water partition coefficient (Wildman–Crippen LogP) is 5.97. The van der Waals surface area contributed by atoms with Gasteiger partial charge in [0.05, 0.1) is 17.9 Å². The highest BCUT2D eigenvalue weighted by molar-refractivity contribution is 9.10. The summed E-state index contributed by atoms with van der Waals surface area (Å²) in [5, 5.41) is 2.55. The van der Waals surface area contributed by atoms with Crippen LogP contribution in [-0.4, -0.2) is 31.3 Å². The van der Waals surface area contributed by atoms with Gasteiger partial charge in [-0.15, -0.1) is 0 Å². The monoisotopic (exact) mass is 539 g/mol. The van der Waals surface area contributed by atoms with Crippen LogP contribution in [0.2, 0.25) is 0 Å². The summed E-state index contributed by atoms with van der Waals surface area (Å²) >= 11 is 3.47. The van der Waals surface area contributed by atoms with Crippen molar-refractivity contribution in [3.8, 4) is 0 Å². The molecule has 1 saturated heterocycles. The predicted molar refractivity (Wildman–Crippen MR) is 130 cm³/mol. The van der Waals surface area contributed by atoms with Crippen LogP contribution < -0.4 is 5.32 Å². The lowest BCUT2D eigenvalue weighted by molar-refractivity contribution is -0.0536. The van der Waals surface area contributed by atoms with E-state index in [0.717, 1.165) is 31.2 Å². The standard InChI is InChI=1S/C24H30BrNO6S/c1-16-13-19(14-17(2)32-16)9-6-10-20-21(25)11-12-22(33(28,29)30)23(20)26-24(27)31-15-18-7-4-3-5-8-18/h3-5,7-8,11-12,16-17,19H,6,9-10,13-15H2,1-2H3,(H,26,27)(H,28,29,30)/t16-,17+,19?. The van der Waals surface area contributed by atoms with Gasteiger partial charge in [0.2, 0.25) is 0 Å². The number of carbonyl (C=O) groups is 1. The Morgan fingerprint density at radius 2 is 1.82 bits per heavy atom. The van der Waals surface area contributed by atoms with Crippen LogP contribution in [0, 0.1) is 5.92 Å². The highest BCUT2D eigenvalue weighted by Crippen LogP contribution is 2.35. The normalized spacial score (nSPS) is 20.9. The maximum absolute atomic E-state index is 12.5. The minimum Gasteiger partial charge on any atom is -0.444 e. The topological polar surface area (TPSA) is 102 Å². The molecule has 1 heterocycles. The average molecular weight is 540 g/mol. The van der Waals surface area contributed by atoms with Crippen LogP contribution in [0.1, 0.15) is 50.7 Å². The maximum Gasteiger partial charge on any atom is 0.412 e. The number of anilines is 1. The van der Waals surface area contributed by atoms with Crippen LogP contribution >= 0.6 is 15.9 Å². The molecule has 3 rings (SSSR count). The first kappa shape index (κ1) is 25.7. The van der Waals surface area contributed by atoms with Crippen LogP contribution in [0.15, 0.2) is 51.8 Å². The molecule has 1 unspecified atom stereocenters. The minimum absolute atomic E-state index is 0.0390. The summed E-state index contributed by atoms with van der Waals surface area (Å²) in [4.78, 5) is 12.1. The second kappa shape index (κ2) is 11.5. The van der Waals surface area contributed by atoms with Crippen LogP contribution in [0.5, 0.6) is 0 Å². The molecule has 2 aromatic carbocycles. The zero-order chi connectivity index (χ0) is 24.0. The molecule has 0 radical (unpaired) electrons. The number of ether oxygens (including phenoxy) is 2. The molecule has 2 N–H and O–H groups in total. The molecular formula is C24H30BrNO6S. The van der Waals surface area contributed by atoms with Crippen molar-refractivity contribution in [2.45, 2.75) is 69.7 Å². The molecular weight excluding hydrogens is 510 g/mol. The van der Waals surface area contributed by atoms with Gasteiger partial charge in [-0.1, -0.05) is 46.3 Å². The van der Waals surface area contributed by atoms with E-state index in [9.17, 15) is 17.8 Å². The van der Waals surface area contributed by atoms with E-state index in [1.165, 1.54) is 6.07 Å². The van der Waals surface area contributed by atoms with Crippen LogP contribution in [-0.2, 0) is 32.6 Å². The minimum atomic E-state index is -4.55. The Kier molecular flexibility index (Phi) is 8.92. The lowest BCUT2D eigenvalue weighted by Gasteiger charge is -2.32. The smallest absolute Gasteiger partial charge is 0.412 e. The summed E-state index contributed by atoms with van der Waals surface area (Å²) in [6, 6.07) is 12.0. The summed E-state index contributed by atoms with van der Waals surface area (Å²) in [7, 11) is -4.55. The zero-order valence-corrected chi connectivity index (χ0v) is 21.2. The number of halogens is 1. The quantitative estimate of drug-likeness (QED) is 0.400. The second-order valence-electron chi connectivity index (χ2n) is 8.55. The number of carbonyl (C=O) groups excluding carboxylic acids is 1. The third-order valence-corrected chi connectivity index (χ3v) is 7.41. The van der Waals surface area contributed by atoms with Crippen molar-refractivity contribution in [3.05, 3.63) is 58.1 Å². The third kappa shape index (κ3) is 7.53. The van der Waals surface area contributed by atoms with Gasteiger partial charge >= 0.3 is 6.09 Å². The van der Waals surface area contributed by atoms with Gasteiger partial charge in [0.1, 0.15) is 11.5 Å². The summed E-state index contributed by atoms with van der Waals surface area (Å²) < 4.78 is 45.5. The van der Waals surface area contributed by atoms with Crippen molar-refractivity contribution >= 4 is 37.8 Å². The first-order chi connectivity index (χ1) is 15.6. The van der Waals surface area contributed by atoms with Crippen LogP contribution in [0.25, 0.3) is 0 Å². The van der Waals surface area contributed by atoms with E-state index in [4.69, 9.17) is 9.47 Å². The first-order valence-corrected chi connectivity index (χ1v) is 13.3. The van der Waals surface area contributed by atoms with E-state index < -0.39 is 16.2 Å². The Hall–Kier alpha value is -1.94. The zero-order valence-electron chi connectivity index (χ0n) is 18.8. The van der Waals surface area contributed by atoms with Gasteiger partial charge in [0.15, 0.2) is 0 Å². The van der Waals surface area contributed by atoms with Gasteiger partial charge in [-0.25, -0.2) is 4.79 Å². The summed E-state index contributed by atoms with van der Waals surface area (Å²) in [5.74, 6) is 0.527. The van der Waals surface area contributed by atoms with E-state index in [-0.39, 0.29) is 29.4 Å². The molecule has 0 aliphatic carbocycles. The lowest BCUT2D eigenvalue weighted by Crippen LogP contribution is -2.29. The molecule has 180 valence electrons. The van der Waals surface area contributed by atoms with Gasteiger partial charge in [0.25, 0.3) is 10.1 Å².